The van der Waals surface area contributed by atoms with Gasteiger partial charge in [0.1, 0.15) is 24.1 Å². The zero-order chi connectivity index (χ0) is 30.7. The molecule has 1 aliphatic rings. The number of alkyl carbamates (subject to hydrolysis) is 1. The van der Waals surface area contributed by atoms with Crippen LogP contribution in [0.4, 0.5) is 4.79 Å². The number of hydrogen-bond donors (Lipinski definition) is 4. The van der Waals surface area contributed by atoms with Crippen LogP contribution < -0.4 is 5.32 Å². The Balaban J connectivity index is 2.16. The van der Waals surface area contributed by atoms with Crippen LogP contribution in [0.2, 0.25) is 0 Å². The molecule has 1 saturated heterocycles. The fourth-order valence-corrected chi connectivity index (χ4v) is 5.08. The van der Waals surface area contributed by atoms with Gasteiger partial charge in [-0.2, -0.15) is 0 Å². The molecule has 1 aromatic rings. The van der Waals surface area contributed by atoms with E-state index in [1.54, 1.807) is 26.0 Å². The topological polar surface area (TPSA) is 191 Å². The second-order valence-electron chi connectivity index (χ2n) is 9.55. The molecule has 2 atom stereocenters. The number of hydrogen-bond acceptors (Lipinski definition) is 8. The number of ether oxygens (including phenoxy) is 1. The van der Waals surface area contributed by atoms with Crippen molar-refractivity contribution >= 4 is 53.1 Å². The van der Waals surface area contributed by atoms with Gasteiger partial charge in [-0.15, -0.1) is 0 Å². The first-order chi connectivity index (χ1) is 19.4. The van der Waals surface area contributed by atoms with E-state index in [1.807, 2.05) is 18.2 Å². The van der Waals surface area contributed by atoms with Gasteiger partial charge in [0.05, 0.1) is 0 Å². The van der Waals surface area contributed by atoms with Crippen molar-refractivity contribution in [2.45, 2.75) is 77.5 Å². The van der Waals surface area contributed by atoms with Gasteiger partial charge in [0.2, 0.25) is 11.8 Å². The van der Waals surface area contributed by atoms with E-state index < -0.39 is 71.3 Å². The summed E-state index contributed by atoms with van der Waals surface area (Å²) in [5.41, 5.74) is -0.957. The molecule has 0 bridgehead atoms. The van der Waals surface area contributed by atoms with Gasteiger partial charge in [0, 0.05) is 13.0 Å². The Bertz CT molecular complexity index is 1160. The first kappa shape index (κ1) is 33.1. The van der Waals surface area contributed by atoms with Crippen molar-refractivity contribution in [3.63, 3.8) is 0 Å². The number of benzene rings is 1. The Morgan fingerprint density at radius 3 is 1.93 bits per heavy atom. The molecule has 0 aromatic heterocycles. The molecule has 1 fully saturated rings. The van der Waals surface area contributed by atoms with Gasteiger partial charge in [-0.25, -0.2) is 14.4 Å². The lowest BCUT2D eigenvalue weighted by atomic mass is 9.77. The number of carbonyl (C=O) groups excluding carboxylic acids is 3. The maximum absolute atomic E-state index is 13.7. The van der Waals surface area contributed by atoms with Crippen molar-refractivity contribution in [2.24, 2.45) is 5.41 Å². The summed E-state index contributed by atoms with van der Waals surface area (Å²) in [7, 11) is 0. The summed E-state index contributed by atoms with van der Waals surface area (Å²) in [6.07, 6.45) is -1.40. The van der Waals surface area contributed by atoms with Crippen LogP contribution in [0.5, 0.6) is 0 Å². The lowest BCUT2D eigenvalue weighted by molar-refractivity contribution is -0.167. The van der Waals surface area contributed by atoms with E-state index in [2.05, 4.69) is 5.32 Å². The van der Waals surface area contributed by atoms with E-state index in [-0.39, 0.29) is 38.8 Å². The Hall–Kier alpha value is -4.07. The number of thiocarbonyl (C=S) groups is 1. The third kappa shape index (κ3) is 7.99. The van der Waals surface area contributed by atoms with Crippen LogP contribution in [0.1, 0.15) is 64.4 Å². The second kappa shape index (κ2) is 15.1. The summed E-state index contributed by atoms with van der Waals surface area (Å²) in [6.45, 7) is 3.34. The Morgan fingerprint density at radius 2 is 1.44 bits per heavy atom. The van der Waals surface area contributed by atoms with E-state index in [1.165, 1.54) is 0 Å². The standard InChI is InChI=1S/C27H35N3O10S/c1-3-27(4-2)23(37)29(26(41)30(24(27)38)19(22(35)36)13-14-20(31)32)18(21(33)34)12-8-9-15-28-25(39)40-16-17-10-6-5-7-11-17/h5-7,10-11,18-19H,3-4,8-9,12-16H2,1-2H3,(H,28,39)(H,31,32)(H,33,34)(H,35,36)/t18-,19?/m0/s1. The highest BCUT2D eigenvalue weighted by atomic mass is 32.1. The number of aliphatic carboxylic acids is 3. The normalized spacial score (nSPS) is 16.2. The number of carboxylic acid groups (broad SMARTS) is 3. The van der Waals surface area contributed by atoms with E-state index in [9.17, 15) is 39.0 Å². The fraction of sp³-hybridized carbons (Fsp3) is 0.519. The minimum Gasteiger partial charge on any atom is -0.481 e. The monoisotopic (exact) mass is 593 g/mol. The van der Waals surface area contributed by atoms with Gasteiger partial charge in [-0.1, -0.05) is 44.2 Å². The van der Waals surface area contributed by atoms with Crippen molar-refractivity contribution in [3.05, 3.63) is 35.9 Å². The number of amides is 3. The zero-order valence-electron chi connectivity index (χ0n) is 22.9. The summed E-state index contributed by atoms with van der Waals surface area (Å²) >= 11 is 5.34. The number of carboxylic acids is 3. The molecule has 1 unspecified atom stereocenters. The van der Waals surface area contributed by atoms with Gasteiger partial charge in [0.15, 0.2) is 5.11 Å². The quantitative estimate of drug-likeness (QED) is 0.125. The van der Waals surface area contributed by atoms with E-state index >= 15 is 0 Å². The lowest BCUT2D eigenvalue weighted by Gasteiger charge is -2.48. The van der Waals surface area contributed by atoms with Crippen LogP contribution in [0.25, 0.3) is 0 Å². The Kier molecular flexibility index (Phi) is 12.2. The third-order valence-electron chi connectivity index (χ3n) is 7.09. The minimum atomic E-state index is -1.77. The highest BCUT2D eigenvalue weighted by Gasteiger charge is 2.58. The first-order valence-electron chi connectivity index (χ1n) is 13.2. The molecule has 0 saturated carbocycles. The summed E-state index contributed by atoms with van der Waals surface area (Å²) in [4.78, 5) is 76.2. The fourth-order valence-electron chi connectivity index (χ4n) is 4.66. The molecule has 1 heterocycles. The Labute approximate surface area is 242 Å². The molecule has 0 radical (unpaired) electrons. The molecule has 0 spiro atoms. The molecule has 1 aromatic carbocycles. The zero-order valence-corrected chi connectivity index (χ0v) is 23.7. The van der Waals surface area contributed by atoms with Crippen molar-refractivity contribution in [1.82, 2.24) is 15.1 Å². The third-order valence-corrected chi connectivity index (χ3v) is 7.48. The highest BCUT2D eigenvalue weighted by molar-refractivity contribution is 7.80. The van der Waals surface area contributed by atoms with Crippen molar-refractivity contribution < 1.29 is 48.8 Å². The van der Waals surface area contributed by atoms with Gasteiger partial charge < -0.3 is 25.4 Å². The number of rotatable bonds is 16. The van der Waals surface area contributed by atoms with E-state index in [0.29, 0.717) is 11.3 Å². The smallest absolute Gasteiger partial charge is 0.407 e. The molecule has 2 rings (SSSR count). The first-order valence-corrected chi connectivity index (χ1v) is 13.6. The SMILES string of the molecule is CCC1(CC)C(=O)N(C(CCC(=O)O)C(=O)O)C(=S)N([C@@H](CCCCNC(=O)OCc2ccccc2)C(=O)O)C1=O. The van der Waals surface area contributed by atoms with Crippen LogP contribution in [0, 0.1) is 5.41 Å². The van der Waals surface area contributed by atoms with Gasteiger partial charge >= 0.3 is 24.0 Å². The average molecular weight is 594 g/mol. The molecule has 4 N–H and O–H groups in total. The summed E-state index contributed by atoms with van der Waals surface area (Å²) < 4.78 is 5.13. The number of nitrogens with one attached hydrogen (secondary N) is 1. The molecule has 3 amide bonds. The predicted molar refractivity (Wildman–Crippen MR) is 148 cm³/mol. The van der Waals surface area contributed by atoms with Crippen LogP contribution in [-0.4, -0.2) is 84.7 Å². The predicted octanol–water partition coefficient (Wildman–Crippen LogP) is 2.62. The van der Waals surface area contributed by atoms with E-state index in [4.69, 9.17) is 22.1 Å². The average Bonchev–Trinajstić information content (AvgIpc) is 2.93. The maximum atomic E-state index is 13.7. The van der Waals surface area contributed by atoms with Crippen LogP contribution in [-0.2, 0) is 35.3 Å². The molecule has 224 valence electrons. The molecule has 41 heavy (non-hydrogen) atoms. The molecule has 0 aliphatic carbocycles. The molecular formula is C27H35N3O10S. The molecular weight excluding hydrogens is 558 g/mol. The van der Waals surface area contributed by atoms with Gasteiger partial charge in [0.25, 0.3) is 0 Å². The van der Waals surface area contributed by atoms with Gasteiger partial charge in [-0.05, 0) is 56.3 Å². The highest BCUT2D eigenvalue weighted by Crippen LogP contribution is 2.39. The number of unbranched alkanes of at least 4 members (excludes halogenated alkanes) is 1. The minimum absolute atomic E-state index is 0.0522. The largest absolute Gasteiger partial charge is 0.481 e. The van der Waals surface area contributed by atoms with Crippen molar-refractivity contribution in [1.29, 1.82) is 0 Å². The summed E-state index contributed by atoms with van der Waals surface area (Å²) in [6, 6.07) is 5.83. The van der Waals surface area contributed by atoms with Crippen LogP contribution >= 0.6 is 12.2 Å². The molecule has 14 heteroatoms. The number of nitrogens with zero attached hydrogens (tertiary/aromatic N) is 2. The maximum Gasteiger partial charge on any atom is 0.407 e. The van der Waals surface area contributed by atoms with Crippen LogP contribution in [0.3, 0.4) is 0 Å². The molecule has 13 nitrogen and oxygen atoms in total. The second-order valence-corrected chi connectivity index (χ2v) is 9.91. The molecule has 1 aliphatic heterocycles. The Morgan fingerprint density at radius 1 is 0.902 bits per heavy atom. The van der Waals surface area contributed by atoms with Crippen LogP contribution in [0.15, 0.2) is 30.3 Å². The van der Waals surface area contributed by atoms with Gasteiger partial charge in [-0.3, -0.25) is 24.2 Å². The van der Waals surface area contributed by atoms with E-state index in [0.717, 1.165) is 10.5 Å². The lowest BCUT2D eigenvalue weighted by Crippen LogP contribution is -2.70. The number of carbonyl (C=O) groups is 6. The van der Waals surface area contributed by atoms with Crippen molar-refractivity contribution in [3.8, 4) is 0 Å². The summed E-state index contributed by atoms with van der Waals surface area (Å²) in [5.74, 6) is -5.98. The van der Waals surface area contributed by atoms with Crippen molar-refractivity contribution in [2.75, 3.05) is 6.54 Å². The summed E-state index contributed by atoms with van der Waals surface area (Å²) in [5, 5.41) is 30.9.